The van der Waals surface area contributed by atoms with E-state index in [1.54, 1.807) is 5.32 Å². The smallest absolute Gasteiger partial charge is 0.408 e. The summed E-state index contributed by atoms with van der Waals surface area (Å²) in [6.45, 7) is 4.45. The number of alkyl carbamates (subject to hydrolysis) is 1. The summed E-state index contributed by atoms with van der Waals surface area (Å²) in [5.41, 5.74) is -1.02. The van der Waals surface area contributed by atoms with Crippen LogP contribution in [0.2, 0.25) is 0 Å². The highest BCUT2D eigenvalue weighted by atomic mass is 19.3. The number of amides is 3. The van der Waals surface area contributed by atoms with Gasteiger partial charge < -0.3 is 30.9 Å². The molecule has 200 valence electrons. The Bertz CT molecular complexity index is 803. The third-order valence-corrected chi connectivity index (χ3v) is 3.96. The summed E-state index contributed by atoms with van der Waals surface area (Å²) in [5.74, 6) is -8.26. The van der Waals surface area contributed by atoms with Gasteiger partial charge in [0.05, 0.1) is 0 Å². The molecule has 3 atom stereocenters. The van der Waals surface area contributed by atoms with Gasteiger partial charge in [0.15, 0.2) is 0 Å². The van der Waals surface area contributed by atoms with E-state index >= 15 is 0 Å². The summed E-state index contributed by atoms with van der Waals surface area (Å²) in [5, 5.41) is 23.0. The van der Waals surface area contributed by atoms with Crippen molar-refractivity contribution in [2.75, 3.05) is 0 Å². The lowest BCUT2D eigenvalue weighted by molar-refractivity contribution is -0.151. The Labute approximate surface area is 196 Å². The molecule has 0 radical (unpaired) electrons. The summed E-state index contributed by atoms with van der Waals surface area (Å²) in [7, 11) is 0. The number of alkyl halides is 4. The van der Waals surface area contributed by atoms with E-state index in [4.69, 9.17) is 14.9 Å². The Morgan fingerprint density at radius 2 is 1.23 bits per heavy atom. The van der Waals surface area contributed by atoms with Crippen LogP contribution in [0.25, 0.3) is 0 Å². The summed E-state index contributed by atoms with van der Waals surface area (Å²) in [6.07, 6.45) is -11.7. The molecule has 0 aliphatic heterocycles. The van der Waals surface area contributed by atoms with E-state index < -0.39 is 97.9 Å². The fraction of sp³-hybridized carbons (Fsp3) is 0.684. The summed E-state index contributed by atoms with van der Waals surface area (Å²) < 4.78 is 56.3. The second kappa shape index (κ2) is 14.1. The standard InChI is InChI=1S/C19H27F4N3O9/c1-19(2,3)35-18(34)26-8(4-5-13(27)28)15(30)25-10(7-12(22)23)16(31)24-9(6-11(20)21)14(29)17(32)33/h8-12H,4-7H2,1-3H3,(H,24,31)(H,25,30)(H,26,34)(H,27,28)(H,32,33)/t8-,9?,10-/m0/s1. The molecule has 0 aliphatic rings. The molecule has 0 fully saturated rings. The minimum atomic E-state index is -3.25. The van der Waals surface area contributed by atoms with Gasteiger partial charge in [0.2, 0.25) is 24.7 Å². The van der Waals surface area contributed by atoms with Crippen molar-refractivity contribution in [1.29, 1.82) is 0 Å². The van der Waals surface area contributed by atoms with Crippen LogP contribution in [0.4, 0.5) is 22.4 Å². The van der Waals surface area contributed by atoms with E-state index in [9.17, 15) is 46.3 Å². The van der Waals surface area contributed by atoms with Gasteiger partial charge >= 0.3 is 18.0 Å². The molecule has 0 saturated heterocycles. The quantitative estimate of drug-likeness (QED) is 0.163. The number of ether oxygens (including phenoxy) is 1. The average molecular weight is 517 g/mol. The predicted octanol–water partition coefficient (Wildman–Crippen LogP) is 0.678. The van der Waals surface area contributed by atoms with Crippen LogP contribution in [0, 0.1) is 0 Å². The van der Waals surface area contributed by atoms with E-state index in [0.29, 0.717) is 0 Å². The highest BCUT2D eigenvalue weighted by Gasteiger charge is 2.34. The van der Waals surface area contributed by atoms with Crippen molar-refractivity contribution in [3.05, 3.63) is 0 Å². The predicted molar refractivity (Wildman–Crippen MR) is 108 cm³/mol. The fourth-order valence-electron chi connectivity index (χ4n) is 2.50. The fourth-order valence-corrected chi connectivity index (χ4v) is 2.50. The monoisotopic (exact) mass is 517 g/mol. The summed E-state index contributed by atoms with van der Waals surface area (Å²) in [4.78, 5) is 70.2. The zero-order valence-electron chi connectivity index (χ0n) is 19.0. The molecule has 12 nitrogen and oxygen atoms in total. The molecule has 5 N–H and O–H groups in total. The number of carboxylic acids is 2. The van der Waals surface area contributed by atoms with Crippen molar-refractivity contribution in [1.82, 2.24) is 16.0 Å². The number of Topliss-reactive ketones (excluding diaryl/α,β-unsaturated/α-hetero) is 1. The first-order valence-electron chi connectivity index (χ1n) is 10.1. The highest BCUT2D eigenvalue weighted by molar-refractivity contribution is 6.35. The van der Waals surface area contributed by atoms with Gasteiger partial charge in [-0.15, -0.1) is 0 Å². The third-order valence-electron chi connectivity index (χ3n) is 3.96. The number of ketones is 1. The van der Waals surface area contributed by atoms with Crippen molar-refractivity contribution in [2.24, 2.45) is 0 Å². The molecule has 0 bridgehead atoms. The van der Waals surface area contributed by atoms with E-state index in [1.165, 1.54) is 20.8 Å². The number of rotatable bonds is 14. The van der Waals surface area contributed by atoms with Gasteiger partial charge in [0.1, 0.15) is 23.7 Å². The molecule has 0 aromatic heterocycles. The first-order chi connectivity index (χ1) is 15.9. The molecule has 0 spiro atoms. The van der Waals surface area contributed by atoms with Crippen molar-refractivity contribution in [3.63, 3.8) is 0 Å². The normalized spacial score (nSPS) is 14.0. The lowest BCUT2D eigenvalue weighted by Crippen LogP contribution is -2.57. The maximum absolute atomic E-state index is 13.0. The number of carbonyl (C=O) groups excluding carboxylic acids is 4. The molecule has 0 aliphatic carbocycles. The molecule has 0 saturated carbocycles. The largest absolute Gasteiger partial charge is 0.481 e. The van der Waals surface area contributed by atoms with Gasteiger partial charge in [-0.2, -0.15) is 0 Å². The Hall–Kier alpha value is -3.46. The van der Waals surface area contributed by atoms with Crippen LogP contribution >= 0.6 is 0 Å². The van der Waals surface area contributed by atoms with Crippen LogP contribution in [0.3, 0.4) is 0 Å². The molecular formula is C19H27F4N3O9. The van der Waals surface area contributed by atoms with Crippen molar-refractivity contribution in [3.8, 4) is 0 Å². The molecule has 35 heavy (non-hydrogen) atoms. The first kappa shape index (κ1) is 31.5. The Balaban J connectivity index is 5.69. The Kier molecular flexibility index (Phi) is 12.7. The molecular weight excluding hydrogens is 490 g/mol. The zero-order valence-corrected chi connectivity index (χ0v) is 19.0. The summed E-state index contributed by atoms with van der Waals surface area (Å²) >= 11 is 0. The molecule has 3 amide bonds. The van der Waals surface area contributed by atoms with Gasteiger partial charge in [-0.05, 0) is 27.2 Å². The van der Waals surface area contributed by atoms with Crippen LogP contribution in [-0.4, -0.2) is 82.4 Å². The first-order valence-corrected chi connectivity index (χ1v) is 10.1. The topological polar surface area (TPSA) is 188 Å². The number of carboxylic acid groups (broad SMARTS) is 2. The van der Waals surface area contributed by atoms with Crippen LogP contribution in [0.1, 0.15) is 46.5 Å². The van der Waals surface area contributed by atoms with E-state index in [1.807, 2.05) is 10.6 Å². The Morgan fingerprint density at radius 1 is 0.771 bits per heavy atom. The maximum atomic E-state index is 13.0. The van der Waals surface area contributed by atoms with Gasteiger partial charge in [0.25, 0.3) is 5.78 Å². The molecule has 16 heteroatoms. The molecule has 1 unspecified atom stereocenters. The van der Waals surface area contributed by atoms with Crippen molar-refractivity contribution in [2.45, 2.75) is 83.0 Å². The number of hydrogen-bond acceptors (Lipinski definition) is 7. The lowest BCUT2D eigenvalue weighted by atomic mass is 10.1. The van der Waals surface area contributed by atoms with Crippen molar-refractivity contribution >= 4 is 35.6 Å². The zero-order chi connectivity index (χ0) is 27.5. The second-order valence-electron chi connectivity index (χ2n) is 8.18. The highest BCUT2D eigenvalue weighted by Crippen LogP contribution is 2.11. The SMILES string of the molecule is CC(C)(C)OC(=O)N[C@@H](CCC(=O)O)C(=O)N[C@@H](CC(F)F)C(=O)NC(CC(F)F)C(=O)C(=O)O. The third kappa shape index (κ3) is 13.7. The molecule has 0 heterocycles. The maximum Gasteiger partial charge on any atom is 0.408 e. The lowest BCUT2D eigenvalue weighted by Gasteiger charge is -2.26. The van der Waals surface area contributed by atoms with E-state index in [0.717, 1.165) is 0 Å². The molecule has 0 rings (SSSR count). The number of nitrogens with one attached hydrogen (secondary N) is 3. The van der Waals surface area contributed by atoms with E-state index in [2.05, 4.69) is 0 Å². The van der Waals surface area contributed by atoms with Crippen molar-refractivity contribution < 1.29 is 61.3 Å². The number of carbonyl (C=O) groups is 6. The van der Waals surface area contributed by atoms with Gasteiger partial charge in [-0.1, -0.05) is 0 Å². The van der Waals surface area contributed by atoms with Crippen LogP contribution < -0.4 is 16.0 Å². The number of hydrogen-bond donors (Lipinski definition) is 5. The minimum Gasteiger partial charge on any atom is -0.481 e. The van der Waals surface area contributed by atoms with Crippen LogP contribution in [-0.2, 0) is 28.7 Å². The molecule has 0 aromatic rings. The number of aliphatic carboxylic acids is 2. The number of halogens is 4. The van der Waals surface area contributed by atoms with Gasteiger partial charge in [0, 0.05) is 19.3 Å². The van der Waals surface area contributed by atoms with Gasteiger partial charge in [-0.25, -0.2) is 27.2 Å². The second-order valence-corrected chi connectivity index (χ2v) is 8.18. The molecule has 0 aromatic carbocycles. The van der Waals surface area contributed by atoms with Crippen LogP contribution in [0.5, 0.6) is 0 Å². The summed E-state index contributed by atoms with van der Waals surface area (Å²) in [6, 6.07) is -6.11. The van der Waals surface area contributed by atoms with Gasteiger partial charge in [-0.3, -0.25) is 19.2 Å². The average Bonchev–Trinajstić information content (AvgIpc) is 2.66. The van der Waals surface area contributed by atoms with E-state index in [-0.39, 0.29) is 0 Å². The Morgan fingerprint density at radius 3 is 1.66 bits per heavy atom. The van der Waals surface area contributed by atoms with Crippen LogP contribution in [0.15, 0.2) is 0 Å². The minimum absolute atomic E-state index is 0.547.